The molecule has 4 nitrogen and oxygen atoms in total. The average molecular weight is 692 g/mol. The first-order chi connectivity index (χ1) is 22.5. The molecule has 0 saturated heterocycles. The van der Waals surface area contributed by atoms with E-state index in [0.29, 0.717) is 4.48 Å². The van der Waals surface area contributed by atoms with Gasteiger partial charge in [-0.25, -0.2) is 0 Å². The van der Waals surface area contributed by atoms with Crippen LogP contribution in [-0.2, 0) is 25.1 Å². The summed E-state index contributed by atoms with van der Waals surface area (Å²) in [6, 6.07) is 10.0. The highest BCUT2D eigenvalue weighted by Gasteiger charge is 2.38. The monoisotopic (exact) mass is 692 g/mol. The van der Waals surface area contributed by atoms with Gasteiger partial charge in [-0.3, -0.25) is 0 Å². The van der Waals surface area contributed by atoms with E-state index >= 15 is 0 Å². The molecule has 3 aromatic rings. The van der Waals surface area contributed by atoms with E-state index in [1.54, 1.807) is 0 Å². The number of halogens is 9. The van der Waals surface area contributed by atoms with Crippen LogP contribution in [0.2, 0.25) is 0 Å². The Labute approximate surface area is 275 Å². The molecular formula is C34H40BF9NO3+. The van der Waals surface area contributed by atoms with Crippen molar-refractivity contribution in [3.8, 4) is 17.2 Å². The van der Waals surface area contributed by atoms with Crippen LogP contribution in [0.15, 0.2) is 66.7 Å². The smallest absolute Gasteiger partial charge is 0.490 e. The maximum absolute atomic E-state index is 14.0. The molecule has 3 aromatic carbocycles. The molecule has 14 heteroatoms. The van der Waals surface area contributed by atoms with Gasteiger partial charge in [0.15, 0.2) is 0 Å². The number of hydrogen-bond acceptors (Lipinski definition) is 3. The minimum absolute atomic E-state index is 0.0289. The van der Waals surface area contributed by atoms with E-state index in [2.05, 4.69) is 0 Å². The van der Waals surface area contributed by atoms with Gasteiger partial charge in [0.05, 0.1) is 36.3 Å². The summed E-state index contributed by atoms with van der Waals surface area (Å²) in [6.07, 6.45) is -8.72. The van der Waals surface area contributed by atoms with Gasteiger partial charge in [-0.15, -0.1) is 0 Å². The molecule has 48 heavy (non-hydrogen) atoms. The molecule has 0 amide bonds. The van der Waals surface area contributed by atoms with Crippen LogP contribution >= 0.6 is 0 Å². The third kappa shape index (κ3) is 11.6. The van der Waals surface area contributed by atoms with E-state index in [1.165, 1.54) is 0 Å². The first kappa shape index (κ1) is 38.9. The van der Waals surface area contributed by atoms with Gasteiger partial charge in [-0.05, 0) is 86.0 Å². The molecule has 0 fully saturated rings. The predicted octanol–water partition coefficient (Wildman–Crippen LogP) is 11.0. The molecule has 0 aliphatic carbocycles. The maximum atomic E-state index is 14.0. The van der Waals surface area contributed by atoms with Crippen molar-refractivity contribution >= 4 is 7.32 Å². The van der Waals surface area contributed by atoms with Crippen LogP contribution < -0.4 is 14.0 Å². The molecule has 0 N–H and O–H groups in total. The van der Waals surface area contributed by atoms with Gasteiger partial charge in [0.25, 0.3) is 0 Å². The Balaban J connectivity index is 2.07. The van der Waals surface area contributed by atoms with Crippen molar-refractivity contribution in [2.24, 2.45) is 0 Å². The fourth-order valence-corrected chi connectivity index (χ4v) is 5.25. The molecule has 0 spiro atoms. The van der Waals surface area contributed by atoms with Crippen molar-refractivity contribution in [1.29, 1.82) is 0 Å². The third-order valence-electron chi connectivity index (χ3n) is 7.90. The number of alkyl halides is 9. The minimum Gasteiger partial charge on any atom is -0.490 e. The lowest BCUT2D eigenvalue weighted by Crippen LogP contribution is -2.49. The van der Waals surface area contributed by atoms with Gasteiger partial charge >= 0.3 is 25.9 Å². The zero-order valence-electron chi connectivity index (χ0n) is 27.1. The lowest BCUT2D eigenvalue weighted by Gasteiger charge is -2.40. The van der Waals surface area contributed by atoms with E-state index in [0.717, 1.165) is 125 Å². The second kappa shape index (κ2) is 16.7. The highest BCUT2D eigenvalue weighted by molar-refractivity contribution is 6.39. The highest BCUT2D eigenvalue weighted by Crippen LogP contribution is 2.36. The molecule has 0 bridgehead atoms. The lowest BCUT2D eigenvalue weighted by atomic mass is 10.0. The number of unbranched alkanes of at least 4 members (excludes halogenated alkanes) is 3. The molecule has 0 radical (unpaired) electrons. The van der Waals surface area contributed by atoms with Crippen LogP contribution in [0.1, 0.15) is 81.5 Å². The quantitative estimate of drug-likeness (QED) is 0.0801. The Hall–Kier alpha value is -3.55. The number of benzene rings is 3. The summed E-state index contributed by atoms with van der Waals surface area (Å²) in [5, 5.41) is 0. The van der Waals surface area contributed by atoms with Crippen LogP contribution in [-0.4, -0.2) is 31.4 Å². The Morgan fingerprint density at radius 3 is 1.25 bits per heavy atom. The summed E-state index contributed by atoms with van der Waals surface area (Å²) in [4.78, 5) is 0. The van der Waals surface area contributed by atoms with Gasteiger partial charge in [0.2, 0.25) is 0 Å². The average Bonchev–Trinajstić information content (AvgIpc) is 3.01. The molecule has 0 aliphatic rings. The standard InChI is InChI=1S/C34H40BF9NO3/c1-4-7-20-45(21-8-5-2,22-9-6-3)24-25-23-28(34(42,43)44)14-19-31(25)48-35(46-29-15-10-26(11-16-29)32(36,37)38)47-30-17-12-27(13-18-30)33(39,40)41/h10-19,23H,4-9,20-22,24H2,1-3H3/q+1. The largest absolute Gasteiger partial charge is 0.864 e. The van der Waals surface area contributed by atoms with Gasteiger partial charge in [-0.2, -0.15) is 39.5 Å². The van der Waals surface area contributed by atoms with Crippen LogP contribution in [0, 0.1) is 0 Å². The predicted molar refractivity (Wildman–Crippen MR) is 165 cm³/mol. The highest BCUT2D eigenvalue weighted by atomic mass is 19.4. The SMILES string of the molecule is CCCC[N+](CCCC)(CCCC)Cc1cc(C(F)(F)F)ccc1OB(Oc1ccc(C(F)(F)F)cc1)Oc1ccc(C(F)(F)F)cc1. The normalized spacial score (nSPS) is 12.6. The number of nitrogens with zero attached hydrogens (tertiary/aromatic N) is 1. The number of quaternary nitrogens is 1. The van der Waals surface area contributed by atoms with E-state index in [4.69, 9.17) is 14.0 Å². The van der Waals surface area contributed by atoms with Crippen molar-refractivity contribution in [3.63, 3.8) is 0 Å². The Kier molecular flexibility index (Phi) is 13.5. The van der Waals surface area contributed by atoms with E-state index in [1.807, 2.05) is 20.8 Å². The topological polar surface area (TPSA) is 27.7 Å². The molecule has 0 atom stereocenters. The lowest BCUT2D eigenvalue weighted by molar-refractivity contribution is -0.941. The molecule has 264 valence electrons. The van der Waals surface area contributed by atoms with E-state index in [-0.39, 0.29) is 29.4 Å². The molecule has 3 rings (SSSR count). The second-order valence-corrected chi connectivity index (χ2v) is 11.7. The Bertz CT molecular complexity index is 1330. The van der Waals surface area contributed by atoms with Crippen LogP contribution in [0.4, 0.5) is 39.5 Å². The Morgan fingerprint density at radius 2 is 0.896 bits per heavy atom. The fourth-order valence-electron chi connectivity index (χ4n) is 5.25. The molecule has 0 unspecified atom stereocenters. The second-order valence-electron chi connectivity index (χ2n) is 11.7. The molecular weight excluding hydrogens is 652 g/mol. The van der Waals surface area contributed by atoms with Gasteiger partial charge in [-0.1, -0.05) is 40.0 Å². The number of hydrogen-bond donors (Lipinski definition) is 0. The van der Waals surface area contributed by atoms with Crippen molar-refractivity contribution in [2.45, 2.75) is 84.4 Å². The van der Waals surface area contributed by atoms with Crippen molar-refractivity contribution in [3.05, 3.63) is 89.0 Å². The number of rotatable bonds is 17. The first-order valence-electron chi connectivity index (χ1n) is 15.9. The van der Waals surface area contributed by atoms with Gasteiger partial charge in [0.1, 0.15) is 23.8 Å². The maximum Gasteiger partial charge on any atom is 0.864 e. The minimum atomic E-state index is -4.66. The summed E-state index contributed by atoms with van der Waals surface area (Å²) >= 11 is 0. The fraction of sp³-hybridized carbons (Fsp3) is 0.471. The summed E-state index contributed by atoms with van der Waals surface area (Å²) in [5.74, 6) is -0.321. The zero-order valence-corrected chi connectivity index (χ0v) is 27.1. The van der Waals surface area contributed by atoms with E-state index in [9.17, 15) is 39.5 Å². The van der Waals surface area contributed by atoms with Crippen LogP contribution in [0.25, 0.3) is 0 Å². The molecule has 0 aromatic heterocycles. The van der Waals surface area contributed by atoms with Gasteiger partial charge in [0, 0.05) is 5.56 Å². The first-order valence-corrected chi connectivity index (χ1v) is 15.9. The summed E-state index contributed by atoms with van der Waals surface area (Å²) in [7, 11) is -1.81. The molecule has 0 heterocycles. The van der Waals surface area contributed by atoms with Gasteiger partial charge < -0.3 is 18.4 Å². The third-order valence-corrected chi connectivity index (χ3v) is 7.90. The Morgan fingerprint density at radius 1 is 0.521 bits per heavy atom. The van der Waals surface area contributed by atoms with Crippen molar-refractivity contribution in [2.75, 3.05) is 19.6 Å². The van der Waals surface area contributed by atoms with Crippen molar-refractivity contribution < 1.29 is 58.0 Å². The molecule has 0 saturated carbocycles. The summed E-state index contributed by atoms with van der Waals surface area (Å²) < 4.78 is 139. The summed E-state index contributed by atoms with van der Waals surface area (Å²) in [5.41, 5.74) is -2.60. The summed E-state index contributed by atoms with van der Waals surface area (Å²) in [6.45, 7) is 8.46. The van der Waals surface area contributed by atoms with Crippen LogP contribution in [0.3, 0.4) is 0 Å². The zero-order chi connectivity index (χ0) is 35.6. The van der Waals surface area contributed by atoms with Crippen LogP contribution in [0.5, 0.6) is 17.2 Å². The molecule has 0 aliphatic heterocycles. The van der Waals surface area contributed by atoms with Crippen molar-refractivity contribution in [1.82, 2.24) is 0 Å². The van der Waals surface area contributed by atoms with E-state index < -0.39 is 42.5 Å².